The molecule has 9 rings (SSSR count). The Bertz CT molecular complexity index is 3250. The third-order valence-electron chi connectivity index (χ3n) is 12.8. The molecule has 63 heavy (non-hydrogen) atoms. The smallest absolute Gasteiger partial charge is 0.137 e. The number of para-hydroxylation sites is 1. The molecule has 0 saturated carbocycles. The van der Waals surface area contributed by atoms with Crippen LogP contribution in [0.3, 0.4) is 0 Å². The molecule has 0 spiro atoms. The van der Waals surface area contributed by atoms with Crippen molar-refractivity contribution in [1.82, 2.24) is 9.55 Å². The summed E-state index contributed by atoms with van der Waals surface area (Å²) in [7, 11) is 0. The van der Waals surface area contributed by atoms with Crippen LogP contribution in [0.4, 0.5) is 11.4 Å². The van der Waals surface area contributed by atoms with Gasteiger partial charge in [-0.2, -0.15) is 0 Å². The standard InChI is InChI=1S/C58H60N4O/c1-55(2,3)42-27-28-59-54(36-42)62-52-24-18-17-23-50(52)51-26-25-48(38-53(51)62)63-49-35-43(56(4,5)6)32-47(37-49)61-30-29-60(39-61)46-33-44(57(7,8)40-19-13-11-14-20-40)31-45(34-46)58(9,10)41-21-15-12-16-22-41/h11-38H,39H2,1-10H3/i1D3,2D3,29D,30D. The topological polar surface area (TPSA) is 33.5 Å². The van der Waals surface area contributed by atoms with E-state index in [4.69, 9.17) is 13.0 Å². The molecule has 0 amide bonds. The van der Waals surface area contributed by atoms with Crippen molar-refractivity contribution in [1.29, 1.82) is 0 Å². The van der Waals surface area contributed by atoms with Crippen LogP contribution >= 0.6 is 0 Å². The maximum absolute atomic E-state index is 9.51. The number of benzene rings is 6. The molecular weight excluding hydrogens is 769 g/mol. The minimum Gasteiger partial charge on any atom is -0.457 e. The van der Waals surface area contributed by atoms with Gasteiger partial charge >= 0.3 is 0 Å². The van der Waals surface area contributed by atoms with Crippen LogP contribution in [0.5, 0.6) is 11.5 Å². The van der Waals surface area contributed by atoms with E-state index in [-0.39, 0.29) is 40.8 Å². The lowest BCUT2D eigenvalue weighted by molar-refractivity contribution is 0.479. The highest BCUT2D eigenvalue weighted by molar-refractivity contribution is 6.09. The summed E-state index contributed by atoms with van der Waals surface area (Å²) >= 11 is 0. The summed E-state index contributed by atoms with van der Waals surface area (Å²) in [5.74, 6) is 1.42. The maximum Gasteiger partial charge on any atom is 0.137 e. The minimum atomic E-state index is -2.83. The zero-order chi connectivity index (χ0) is 51.1. The Morgan fingerprint density at radius 3 is 1.68 bits per heavy atom. The van der Waals surface area contributed by atoms with Gasteiger partial charge in [-0.25, -0.2) is 4.98 Å². The Labute approximate surface area is 385 Å². The average Bonchev–Trinajstić information content (AvgIpc) is 3.82. The number of hydrogen-bond acceptors (Lipinski definition) is 4. The molecule has 0 N–H and O–H groups in total. The molecule has 0 atom stereocenters. The highest BCUT2D eigenvalue weighted by Gasteiger charge is 2.31. The zero-order valence-electron chi connectivity index (χ0n) is 45.4. The van der Waals surface area contributed by atoms with Gasteiger partial charge in [0.25, 0.3) is 0 Å². The first-order valence-corrected chi connectivity index (χ1v) is 21.6. The van der Waals surface area contributed by atoms with E-state index in [1.54, 1.807) is 6.07 Å². The molecule has 6 aromatic carbocycles. The molecule has 1 aliphatic heterocycles. The van der Waals surface area contributed by atoms with Gasteiger partial charge in [-0.1, -0.05) is 154 Å². The number of rotatable bonds is 9. The second-order valence-electron chi connectivity index (χ2n) is 19.1. The van der Waals surface area contributed by atoms with Crippen LogP contribution in [0, 0.1) is 0 Å². The highest BCUT2D eigenvalue weighted by Crippen LogP contribution is 2.42. The summed E-state index contributed by atoms with van der Waals surface area (Å²) in [4.78, 5) is 8.45. The van der Waals surface area contributed by atoms with Crippen LogP contribution < -0.4 is 14.5 Å². The summed E-state index contributed by atoms with van der Waals surface area (Å²) in [6.07, 6.45) is 1.61. The summed E-state index contributed by atoms with van der Waals surface area (Å²) in [5, 5.41) is 1.83. The largest absolute Gasteiger partial charge is 0.457 e. The van der Waals surface area contributed by atoms with E-state index < -0.39 is 19.1 Å². The second kappa shape index (κ2) is 15.6. The Morgan fingerprint density at radius 2 is 1.06 bits per heavy atom. The van der Waals surface area contributed by atoms with E-state index in [9.17, 15) is 2.74 Å². The van der Waals surface area contributed by atoms with E-state index in [1.807, 2.05) is 81.1 Å². The monoisotopic (exact) mass is 837 g/mol. The Balaban J connectivity index is 1.11. The Morgan fingerprint density at radius 1 is 0.492 bits per heavy atom. The van der Waals surface area contributed by atoms with Gasteiger partial charge in [-0.05, 0) is 98.8 Å². The lowest BCUT2D eigenvalue weighted by Crippen LogP contribution is -2.27. The third-order valence-corrected chi connectivity index (χ3v) is 12.8. The van der Waals surface area contributed by atoms with E-state index >= 15 is 0 Å². The number of aromatic nitrogens is 2. The SMILES string of the molecule is [2H]C1=C([2H])N(c2cc(C(C)(C)c3ccccc3)cc(C(C)(C)c3ccccc3)c2)CN1c1cc(Oc2ccc3c4ccccc4n(-c4cc(C(C)(C([2H])([2H])[2H])C([2H])([2H])[2H])ccn4)c3c2)cc(C(C)(C)C)c1. The molecule has 0 aliphatic carbocycles. The molecule has 0 radical (unpaired) electrons. The molecule has 5 nitrogen and oxygen atoms in total. The molecule has 318 valence electrons. The molecule has 3 heterocycles. The molecule has 0 unspecified atom stereocenters. The van der Waals surface area contributed by atoms with Crippen LogP contribution in [0.15, 0.2) is 170 Å². The van der Waals surface area contributed by atoms with Gasteiger partial charge in [0.2, 0.25) is 0 Å². The molecule has 8 aromatic rings. The molecule has 2 aromatic heterocycles. The fourth-order valence-electron chi connectivity index (χ4n) is 8.64. The average molecular weight is 837 g/mol. The normalized spacial score (nSPS) is 16.3. The quantitative estimate of drug-likeness (QED) is 0.145. The van der Waals surface area contributed by atoms with Crippen LogP contribution in [0.1, 0.15) is 113 Å². The van der Waals surface area contributed by atoms with Crippen molar-refractivity contribution in [3.8, 4) is 17.3 Å². The number of nitrogens with zero attached hydrogens (tertiary/aromatic N) is 4. The van der Waals surface area contributed by atoms with Crippen molar-refractivity contribution in [2.45, 2.75) is 90.8 Å². The first-order chi connectivity index (χ1) is 33.3. The lowest BCUT2D eigenvalue weighted by atomic mass is 9.73. The van der Waals surface area contributed by atoms with Gasteiger partial charge < -0.3 is 14.5 Å². The van der Waals surface area contributed by atoms with Gasteiger partial charge in [-0.3, -0.25) is 4.57 Å². The predicted molar refractivity (Wildman–Crippen MR) is 265 cm³/mol. The van der Waals surface area contributed by atoms with Crippen LogP contribution in [0.25, 0.3) is 27.6 Å². The molecular formula is C58H60N4O. The predicted octanol–water partition coefficient (Wildman–Crippen LogP) is 15.0. The highest BCUT2D eigenvalue weighted by atomic mass is 16.5. The van der Waals surface area contributed by atoms with Gasteiger partial charge in [0, 0.05) is 71.9 Å². The van der Waals surface area contributed by atoms with Crippen molar-refractivity contribution in [2.24, 2.45) is 0 Å². The Kier molecular flexibility index (Phi) is 8.20. The maximum atomic E-state index is 9.51. The van der Waals surface area contributed by atoms with E-state index in [1.165, 1.54) is 30.3 Å². The number of ether oxygens (including phenoxy) is 1. The molecule has 1 aliphatic rings. The number of fused-ring (bicyclic) bond motifs is 3. The molecule has 5 heteroatoms. The van der Waals surface area contributed by atoms with E-state index in [0.29, 0.717) is 23.0 Å². The van der Waals surface area contributed by atoms with Crippen LogP contribution in [0.2, 0.25) is 0 Å². The van der Waals surface area contributed by atoms with Gasteiger partial charge in [0.1, 0.15) is 17.3 Å². The number of hydrogen-bond donors (Lipinski definition) is 0. The Hall–Kier alpha value is -6.59. The summed E-state index contributed by atoms with van der Waals surface area (Å²) < 4.78 is 77.7. The molecule has 0 fully saturated rings. The fourth-order valence-corrected chi connectivity index (χ4v) is 8.64. The van der Waals surface area contributed by atoms with E-state index in [2.05, 4.69) is 126 Å². The second-order valence-corrected chi connectivity index (χ2v) is 19.1. The van der Waals surface area contributed by atoms with Crippen molar-refractivity contribution < 1.29 is 15.7 Å². The van der Waals surface area contributed by atoms with Gasteiger partial charge in [-0.15, -0.1) is 0 Å². The van der Waals surface area contributed by atoms with E-state index in [0.717, 1.165) is 44.2 Å². The molecule has 0 saturated heterocycles. The van der Waals surface area contributed by atoms with Gasteiger partial charge in [0.15, 0.2) is 0 Å². The van der Waals surface area contributed by atoms with Gasteiger partial charge in [0.05, 0.1) is 20.4 Å². The lowest BCUT2D eigenvalue weighted by Gasteiger charge is -2.33. The summed E-state index contributed by atoms with van der Waals surface area (Å²) in [5.41, 5.74) is 5.50. The minimum absolute atomic E-state index is 0.0624. The van der Waals surface area contributed by atoms with Crippen molar-refractivity contribution >= 4 is 33.2 Å². The number of anilines is 2. The van der Waals surface area contributed by atoms with Crippen LogP contribution in [-0.2, 0) is 21.7 Å². The summed E-state index contributed by atoms with van der Waals surface area (Å²) in [6, 6.07) is 50.2. The fraction of sp³-hybridized carbons (Fsp3) is 0.259. The number of pyridine rings is 1. The summed E-state index contributed by atoms with van der Waals surface area (Å²) in [6.45, 7) is 11.1. The zero-order valence-corrected chi connectivity index (χ0v) is 37.4. The van der Waals surface area contributed by atoms with Crippen molar-refractivity contribution in [3.63, 3.8) is 0 Å². The first kappa shape index (κ1) is 33.0. The van der Waals surface area contributed by atoms with Crippen LogP contribution in [-0.4, -0.2) is 16.2 Å². The van der Waals surface area contributed by atoms with Crippen molar-refractivity contribution in [3.05, 3.63) is 204 Å². The first-order valence-electron chi connectivity index (χ1n) is 25.6. The molecule has 0 bridgehead atoms. The van der Waals surface area contributed by atoms with Crippen molar-refractivity contribution in [2.75, 3.05) is 16.5 Å². The third kappa shape index (κ3) is 8.02.